The third kappa shape index (κ3) is 4.38. The van der Waals surface area contributed by atoms with Crippen LogP contribution in [0.2, 0.25) is 0 Å². The van der Waals surface area contributed by atoms with Crippen LogP contribution in [-0.2, 0) is 6.42 Å². The van der Waals surface area contributed by atoms with Crippen molar-refractivity contribution < 1.29 is 4.39 Å². The summed E-state index contributed by atoms with van der Waals surface area (Å²) < 4.78 is 14.8. The van der Waals surface area contributed by atoms with Gasteiger partial charge in [-0.2, -0.15) is 0 Å². The first-order valence-corrected chi connectivity index (χ1v) is 8.39. The van der Waals surface area contributed by atoms with Gasteiger partial charge in [-0.1, -0.05) is 6.07 Å². The molecule has 0 radical (unpaired) electrons. The number of rotatable bonds is 5. The molecular weight excluding hydrogens is 393 g/mol. The summed E-state index contributed by atoms with van der Waals surface area (Å²) in [6.45, 7) is 2.99. The molecule has 102 valence electrons. The topological polar surface area (TPSA) is 12.0 Å². The minimum Gasteiger partial charge on any atom is -0.310 e. The monoisotopic (exact) mass is 405 g/mol. The molecule has 1 aromatic carbocycles. The molecule has 1 nitrogen and oxygen atoms in total. The maximum absolute atomic E-state index is 13.2. The number of nitrogens with one attached hydrogen (secondary N) is 1. The van der Waals surface area contributed by atoms with E-state index in [1.807, 2.05) is 12.1 Å². The number of benzene rings is 1. The first-order chi connectivity index (χ1) is 9.06. The fourth-order valence-corrected chi connectivity index (χ4v) is 3.68. The fourth-order valence-electron chi connectivity index (χ4n) is 1.80. The van der Waals surface area contributed by atoms with E-state index in [1.165, 1.54) is 10.9 Å². The zero-order valence-corrected chi connectivity index (χ0v) is 14.4. The highest BCUT2D eigenvalue weighted by molar-refractivity contribution is 9.11. The van der Waals surface area contributed by atoms with E-state index in [9.17, 15) is 4.39 Å². The van der Waals surface area contributed by atoms with Crippen LogP contribution in [0, 0.1) is 5.82 Å². The lowest BCUT2D eigenvalue weighted by Crippen LogP contribution is -2.21. The summed E-state index contributed by atoms with van der Waals surface area (Å²) in [5, 5.41) is 3.45. The molecule has 19 heavy (non-hydrogen) atoms. The SMILES string of the molecule is CC(NCCc1ccc(Br)s1)c1ccc(F)c(Br)c1. The largest absolute Gasteiger partial charge is 0.310 e. The molecule has 1 aromatic heterocycles. The third-order valence-electron chi connectivity index (χ3n) is 2.89. The van der Waals surface area contributed by atoms with Crippen molar-refractivity contribution in [3.8, 4) is 0 Å². The van der Waals surface area contributed by atoms with Gasteiger partial charge in [-0.25, -0.2) is 4.39 Å². The van der Waals surface area contributed by atoms with Crippen LogP contribution >= 0.6 is 43.2 Å². The molecule has 2 rings (SSSR count). The second-order valence-electron chi connectivity index (χ2n) is 4.31. The van der Waals surface area contributed by atoms with Crippen molar-refractivity contribution >= 4 is 43.2 Å². The Morgan fingerprint density at radius 1 is 1.26 bits per heavy atom. The van der Waals surface area contributed by atoms with Gasteiger partial charge in [-0.05, 0) is 75.0 Å². The van der Waals surface area contributed by atoms with Gasteiger partial charge in [0, 0.05) is 17.5 Å². The van der Waals surface area contributed by atoms with Crippen LogP contribution < -0.4 is 5.32 Å². The smallest absolute Gasteiger partial charge is 0.137 e. The summed E-state index contributed by atoms with van der Waals surface area (Å²) >= 11 is 8.44. The summed E-state index contributed by atoms with van der Waals surface area (Å²) in [7, 11) is 0. The van der Waals surface area contributed by atoms with Gasteiger partial charge in [0.05, 0.1) is 8.26 Å². The Bertz CT molecular complexity index is 556. The van der Waals surface area contributed by atoms with Crippen molar-refractivity contribution in [2.24, 2.45) is 0 Å². The number of hydrogen-bond donors (Lipinski definition) is 1. The van der Waals surface area contributed by atoms with E-state index >= 15 is 0 Å². The van der Waals surface area contributed by atoms with Crippen molar-refractivity contribution in [2.45, 2.75) is 19.4 Å². The van der Waals surface area contributed by atoms with Crippen LogP contribution in [0.25, 0.3) is 0 Å². The standard InChI is InChI=1S/C14H14Br2FNS/c1-9(10-2-4-13(17)12(15)8-10)18-7-6-11-3-5-14(16)19-11/h2-5,8-9,18H,6-7H2,1H3. The van der Waals surface area contributed by atoms with Gasteiger partial charge in [0.25, 0.3) is 0 Å². The van der Waals surface area contributed by atoms with E-state index in [0.29, 0.717) is 4.47 Å². The molecule has 0 aliphatic carbocycles. The Balaban J connectivity index is 1.86. The van der Waals surface area contributed by atoms with E-state index in [-0.39, 0.29) is 11.9 Å². The predicted molar refractivity (Wildman–Crippen MR) is 86.2 cm³/mol. The van der Waals surface area contributed by atoms with Crippen molar-refractivity contribution in [3.05, 3.63) is 54.8 Å². The van der Waals surface area contributed by atoms with Gasteiger partial charge in [0.1, 0.15) is 5.82 Å². The zero-order valence-electron chi connectivity index (χ0n) is 10.4. The van der Waals surface area contributed by atoms with E-state index in [1.54, 1.807) is 11.3 Å². The number of halogens is 3. The van der Waals surface area contributed by atoms with Gasteiger partial charge in [-0.3, -0.25) is 0 Å². The van der Waals surface area contributed by atoms with Crippen molar-refractivity contribution in [1.82, 2.24) is 5.32 Å². The number of thiophene rings is 1. The minimum absolute atomic E-state index is 0.209. The van der Waals surface area contributed by atoms with Gasteiger partial charge >= 0.3 is 0 Å². The van der Waals surface area contributed by atoms with Crippen LogP contribution in [0.3, 0.4) is 0 Å². The average molecular weight is 407 g/mol. The van der Waals surface area contributed by atoms with Gasteiger partial charge in [-0.15, -0.1) is 11.3 Å². The summed E-state index contributed by atoms with van der Waals surface area (Å²) in [4.78, 5) is 1.35. The molecule has 0 aliphatic rings. The first kappa shape index (κ1) is 15.2. The fraction of sp³-hybridized carbons (Fsp3) is 0.286. The molecule has 0 saturated heterocycles. The van der Waals surface area contributed by atoms with E-state index < -0.39 is 0 Å². The molecule has 1 N–H and O–H groups in total. The summed E-state index contributed by atoms with van der Waals surface area (Å²) in [5.41, 5.74) is 1.08. The predicted octanol–water partition coefficient (Wildman–Crippen LogP) is 5.31. The second-order valence-corrected chi connectivity index (χ2v) is 7.71. The summed E-state index contributed by atoms with van der Waals surface area (Å²) in [6.07, 6.45) is 1.00. The highest BCUT2D eigenvalue weighted by atomic mass is 79.9. The average Bonchev–Trinajstić information content (AvgIpc) is 2.78. The Kier molecular flexibility index (Phi) is 5.57. The summed E-state index contributed by atoms with van der Waals surface area (Å²) in [6, 6.07) is 9.55. The van der Waals surface area contributed by atoms with Crippen LogP contribution in [0.15, 0.2) is 38.6 Å². The normalized spacial score (nSPS) is 12.6. The summed E-state index contributed by atoms with van der Waals surface area (Å²) in [5.74, 6) is -0.223. The molecule has 0 spiro atoms. The minimum atomic E-state index is -0.223. The number of hydrogen-bond acceptors (Lipinski definition) is 2. The van der Waals surface area contributed by atoms with Crippen LogP contribution in [0.4, 0.5) is 4.39 Å². The quantitative estimate of drug-likeness (QED) is 0.709. The Hall–Kier alpha value is -0.230. The van der Waals surface area contributed by atoms with Crippen LogP contribution in [0.5, 0.6) is 0 Å². The maximum Gasteiger partial charge on any atom is 0.137 e. The van der Waals surface area contributed by atoms with Crippen LogP contribution in [-0.4, -0.2) is 6.54 Å². The van der Waals surface area contributed by atoms with Crippen molar-refractivity contribution in [3.63, 3.8) is 0 Å². The molecule has 5 heteroatoms. The molecule has 0 amide bonds. The lowest BCUT2D eigenvalue weighted by atomic mass is 10.1. The Morgan fingerprint density at radius 3 is 2.68 bits per heavy atom. The molecule has 0 bridgehead atoms. The highest BCUT2D eigenvalue weighted by Gasteiger charge is 2.07. The molecule has 0 fully saturated rings. The van der Waals surface area contributed by atoms with E-state index in [2.05, 4.69) is 56.2 Å². The Morgan fingerprint density at radius 2 is 2.05 bits per heavy atom. The molecular formula is C14H14Br2FNS. The van der Waals surface area contributed by atoms with Gasteiger partial charge < -0.3 is 5.32 Å². The molecule has 1 unspecified atom stereocenters. The molecule has 0 aliphatic heterocycles. The molecule has 1 heterocycles. The van der Waals surface area contributed by atoms with E-state index in [4.69, 9.17) is 0 Å². The lowest BCUT2D eigenvalue weighted by molar-refractivity contribution is 0.573. The highest BCUT2D eigenvalue weighted by Crippen LogP contribution is 2.23. The first-order valence-electron chi connectivity index (χ1n) is 5.99. The maximum atomic E-state index is 13.2. The Labute approximate surface area is 133 Å². The lowest BCUT2D eigenvalue weighted by Gasteiger charge is -2.14. The van der Waals surface area contributed by atoms with E-state index in [0.717, 1.165) is 22.3 Å². The van der Waals surface area contributed by atoms with Crippen molar-refractivity contribution in [1.29, 1.82) is 0 Å². The van der Waals surface area contributed by atoms with Gasteiger partial charge in [0.2, 0.25) is 0 Å². The molecule has 0 saturated carbocycles. The second kappa shape index (κ2) is 6.97. The van der Waals surface area contributed by atoms with Gasteiger partial charge in [0.15, 0.2) is 0 Å². The molecule has 2 aromatic rings. The molecule has 1 atom stereocenters. The third-order valence-corrected chi connectivity index (χ3v) is 5.19. The van der Waals surface area contributed by atoms with Crippen LogP contribution in [0.1, 0.15) is 23.4 Å². The zero-order chi connectivity index (χ0) is 13.8. The van der Waals surface area contributed by atoms with Crippen molar-refractivity contribution in [2.75, 3.05) is 6.54 Å².